The summed E-state index contributed by atoms with van der Waals surface area (Å²) in [6.45, 7) is 10.7. The molecule has 43 heavy (non-hydrogen) atoms. The molecule has 0 aromatic heterocycles. The van der Waals surface area contributed by atoms with Crippen LogP contribution >= 0.6 is 0 Å². The van der Waals surface area contributed by atoms with E-state index in [4.69, 9.17) is 38.5 Å². The molecule has 2 saturated carbocycles. The first-order chi connectivity index (χ1) is 19.7. The van der Waals surface area contributed by atoms with E-state index in [1.165, 1.54) is 36.8 Å². The Kier molecular flexibility index (Phi) is 16.5. The monoisotopic (exact) mass is 600 g/mol. The van der Waals surface area contributed by atoms with Gasteiger partial charge in [-0.15, -0.1) is 0 Å². The average Bonchev–Trinajstić information content (AvgIpc) is 3.84. The number of rotatable bonds is 10. The van der Waals surface area contributed by atoms with E-state index < -0.39 is 11.6 Å². The van der Waals surface area contributed by atoms with Crippen molar-refractivity contribution in [2.24, 2.45) is 0 Å². The van der Waals surface area contributed by atoms with E-state index in [9.17, 15) is 9.59 Å². The zero-order valence-electron chi connectivity index (χ0n) is 24.9. The molecule has 236 valence electrons. The maximum atomic E-state index is 11.5. The largest absolute Gasteiger partial charge is 0.493 e. The SMILES string of the molecule is C.CC(C)(C)OC(=O)CCOc1ccc(C2(C)CC2)cc1.CC1(c2ccc(OCCC(=O)O)cc2)CC1.O=C=O.O=C=O. The molecular weight excluding hydrogens is 556 g/mol. The lowest BCUT2D eigenvalue weighted by atomic mass is 9.99. The molecule has 2 aliphatic carbocycles. The summed E-state index contributed by atoms with van der Waals surface area (Å²) < 4.78 is 16.1. The summed E-state index contributed by atoms with van der Waals surface area (Å²) in [5.74, 6) is 0.498. The number of benzene rings is 2. The smallest absolute Gasteiger partial charge is 0.373 e. The maximum absolute atomic E-state index is 11.5. The van der Waals surface area contributed by atoms with Crippen molar-refractivity contribution in [1.82, 2.24) is 0 Å². The second-order valence-electron chi connectivity index (χ2n) is 11.5. The number of aliphatic carboxylic acids is 1. The van der Waals surface area contributed by atoms with Crippen molar-refractivity contribution in [3.05, 3.63) is 59.7 Å². The van der Waals surface area contributed by atoms with Crippen LogP contribution in [0.1, 0.15) is 91.7 Å². The predicted octanol–water partition coefficient (Wildman–Crippen LogP) is 5.91. The van der Waals surface area contributed by atoms with Gasteiger partial charge in [0.15, 0.2) is 0 Å². The van der Waals surface area contributed by atoms with Crippen LogP contribution < -0.4 is 9.47 Å². The van der Waals surface area contributed by atoms with Crippen LogP contribution in [0.15, 0.2) is 48.5 Å². The zero-order chi connectivity index (χ0) is 31.8. The second-order valence-corrected chi connectivity index (χ2v) is 11.5. The zero-order valence-corrected chi connectivity index (χ0v) is 24.9. The summed E-state index contributed by atoms with van der Waals surface area (Å²) in [4.78, 5) is 54.3. The lowest BCUT2D eigenvalue weighted by Gasteiger charge is -2.19. The van der Waals surface area contributed by atoms with E-state index in [-0.39, 0.29) is 45.1 Å². The van der Waals surface area contributed by atoms with Gasteiger partial charge in [-0.3, -0.25) is 9.59 Å². The fourth-order valence-electron chi connectivity index (χ4n) is 3.76. The molecule has 0 bridgehead atoms. The van der Waals surface area contributed by atoms with Gasteiger partial charge in [0.25, 0.3) is 0 Å². The molecule has 0 saturated heterocycles. The molecule has 10 nitrogen and oxygen atoms in total. The van der Waals surface area contributed by atoms with Crippen LogP contribution in [-0.4, -0.2) is 48.2 Å². The van der Waals surface area contributed by atoms with Crippen molar-refractivity contribution in [3.8, 4) is 11.5 Å². The van der Waals surface area contributed by atoms with Gasteiger partial charge >= 0.3 is 24.2 Å². The third-order valence-electron chi connectivity index (χ3n) is 6.68. The van der Waals surface area contributed by atoms with Gasteiger partial charge in [0.1, 0.15) is 17.1 Å². The Labute approximate surface area is 253 Å². The number of esters is 1. The van der Waals surface area contributed by atoms with Crippen LogP contribution in [0.2, 0.25) is 0 Å². The van der Waals surface area contributed by atoms with E-state index in [0.29, 0.717) is 17.4 Å². The van der Waals surface area contributed by atoms with Gasteiger partial charge in [-0.2, -0.15) is 19.2 Å². The number of carboxylic acid groups (broad SMARTS) is 1. The quantitative estimate of drug-likeness (QED) is 0.326. The van der Waals surface area contributed by atoms with E-state index >= 15 is 0 Å². The molecule has 0 aliphatic heterocycles. The Balaban J connectivity index is 0.000000690. The van der Waals surface area contributed by atoms with Crippen molar-refractivity contribution in [2.45, 2.75) is 97.0 Å². The van der Waals surface area contributed by atoms with Crippen LogP contribution in [0.4, 0.5) is 0 Å². The minimum atomic E-state index is -0.831. The van der Waals surface area contributed by atoms with Gasteiger partial charge in [0.05, 0.1) is 26.1 Å². The number of carbonyl (C=O) groups is 2. The van der Waals surface area contributed by atoms with E-state index in [1.807, 2.05) is 45.0 Å². The van der Waals surface area contributed by atoms with Gasteiger partial charge in [-0.1, -0.05) is 45.5 Å². The molecule has 0 spiro atoms. The van der Waals surface area contributed by atoms with Crippen molar-refractivity contribution in [3.63, 3.8) is 0 Å². The van der Waals surface area contributed by atoms with Crippen molar-refractivity contribution < 1.29 is 48.1 Å². The summed E-state index contributed by atoms with van der Waals surface area (Å²) in [6.07, 6.45) is 5.87. The first-order valence-electron chi connectivity index (χ1n) is 13.6. The van der Waals surface area contributed by atoms with Crippen LogP contribution in [0, 0.1) is 0 Å². The van der Waals surface area contributed by atoms with Gasteiger partial charge in [-0.25, -0.2) is 0 Å². The van der Waals surface area contributed by atoms with Crippen LogP contribution in [0.25, 0.3) is 0 Å². The van der Waals surface area contributed by atoms with Crippen LogP contribution in [0.5, 0.6) is 11.5 Å². The molecule has 0 heterocycles. The molecule has 0 amide bonds. The van der Waals surface area contributed by atoms with Crippen LogP contribution in [-0.2, 0) is 44.3 Å². The number of ether oxygens (including phenoxy) is 3. The normalized spacial score (nSPS) is 14.3. The first kappa shape index (κ1) is 38.7. The van der Waals surface area contributed by atoms with E-state index in [0.717, 1.165) is 11.5 Å². The highest BCUT2D eigenvalue weighted by Crippen LogP contribution is 2.48. The van der Waals surface area contributed by atoms with E-state index in [1.54, 1.807) is 0 Å². The molecule has 0 radical (unpaired) electrons. The standard InChI is InChI=1S/C17H24O3.C13H16O3.2CO2.CH4/c1-16(2,3)20-15(18)9-12-19-14-7-5-13(6-8-14)17(4)10-11-17;1-13(7-8-13)10-2-4-11(5-3-10)16-9-6-12(14)15;2*2-1-3;/h5-8H,9-12H2,1-4H3;2-5H,6-9H2,1H3,(H,14,15);;;1H4. The Morgan fingerprint density at radius 1 is 0.721 bits per heavy atom. The number of hydrogen-bond donors (Lipinski definition) is 1. The summed E-state index contributed by atoms with van der Waals surface area (Å²) in [6, 6.07) is 16.2. The Morgan fingerprint density at radius 3 is 1.33 bits per heavy atom. The highest BCUT2D eigenvalue weighted by Gasteiger charge is 2.39. The highest BCUT2D eigenvalue weighted by molar-refractivity contribution is 5.70. The molecule has 0 atom stereocenters. The maximum Gasteiger partial charge on any atom is 0.373 e. The highest BCUT2D eigenvalue weighted by atomic mass is 16.6. The molecule has 2 aromatic carbocycles. The molecule has 1 N–H and O–H groups in total. The predicted molar refractivity (Wildman–Crippen MR) is 157 cm³/mol. The molecule has 2 fully saturated rings. The minimum Gasteiger partial charge on any atom is -0.493 e. The van der Waals surface area contributed by atoms with Gasteiger partial charge < -0.3 is 19.3 Å². The Bertz CT molecular complexity index is 1180. The number of carbonyl (C=O) groups excluding carboxylic acids is 5. The summed E-state index contributed by atoms with van der Waals surface area (Å²) >= 11 is 0. The van der Waals surface area contributed by atoms with Crippen molar-refractivity contribution in [2.75, 3.05) is 13.2 Å². The van der Waals surface area contributed by atoms with Gasteiger partial charge in [-0.05, 0) is 92.7 Å². The Hall–Kier alpha value is -4.26. The van der Waals surface area contributed by atoms with Gasteiger partial charge in [0.2, 0.25) is 0 Å². The second kappa shape index (κ2) is 18.3. The molecule has 2 aliphatic rings. The number of hydrogen-bond acceptors (Lipinski definition) is 9. The summed E-state index contributed by atoms with van der Waals surface area (Å²) in [7, 11) is 0. The van der Waals surface area contributed by atoms with Crippen molar-refractivity contribution >= 4 is 24.2 Å². The minimum absolute atomic E-state index is 0. The first-order valence-corrected chi connectivity index (χ1v) is 13.6. The van der Waals surface area contributed by atoms with Crippen LogP contribution in [0.3, 0.4) is 0 Å². The number of carboxylic acids is 1. The Morgan fingerprint density at radius 2 is 1.05 bits per heavy atom. The third kappa shape index (κ3) is 16.1. The summed E-state index contributed by atoms with van der Waals surface area (Å²) in [5, 5.41) is 8.47. The van der Waals surface area contributed by atoms with Gasteiger partial charge in [0, 0.05) is 0 Å². The topological polar surface area (TPSA) is 150 Å². The molecule has 4 rings (SSSR count). The molecular formula is C33H44O10. The fraction of sp³-hybridized carbons (Fsp3) is 0.515. The molecule has 10 heteroatoms. The summed E-state index contributed by atoms with van der Waals surface area (Å²) in [5.41, 5.74) is 3.04. The lowest BCUT2D eigenvalue weighted by molar-refractivity contribution is -0.193. The lowest BCUT2D eigenvalue weighted by Crippen LogP contribution is -2.24. The third-order valence-corrected chi connectivity index (χ3v) is 6.68. The molecule has 2 aromatic rings. The average molecular weight is 601 g/mol. The fourth-order valence-corrected chi connectivity index (χ4v) is 3.76. The van der Waals surface area contributed by atoms with E-state index in [2.05, 4.69) is 38.1 Å². The van der Waals surface area contributed by atoms with Crippen molar-refractivity contribution in [1.29, 1.82) is 0 Å². The molecule has 0 unspecified atom stereocenters.